The molecule has 2 heterocycles. The molecular formula is C21H14O6. The maximum absolute atomic E-state index is 12.4. The van der Waals surface area contributed by atoms with Crippen LogP contribution in [0.25, 0.3) is 6.08 Å². The average molecular weight is 362 g/mol. The van der Waals surface area contributed by atoms with Crippen LogP contribution in [0.4, 0.5) is 0 Å². The summed E-state index contributed by atoms with van der Waals surface area (Å²) in [5.41, 5.74) is 0.695. The largest absolute Gasteiger partial charge is 0.496 e. The second kappa shape index (κ2) is 6.84. The normalized spacial score (nSPS) is 14.0. The molecule has 0 unspecified atom stereocenters. The molecule has 0 bridgehead atoms. The minimum Gasteiger partial charge on any atom is -0.496 e. The number of hydrogen-bond acceptors (Lipinski definition) is 6. The molecule has 27 heavy (non-hydrogen) atoms. The number of allylic oxidation sites excluding steroid dienone is 1. The van der Waals surface area contributed by atoms with Gasteiger partial charge in [0.05, 0.1) is 18.9 Å². The highest BCUT2D eigenvalue weighted by Gasteiger charge is 2.28. The van der Waals surface area contributed by atoms with Crippen LogP contribution in [0.2, 0.25) is 0 Å². The maximum atomic E-state index is 12.4. The van der Waals surface area contributed by atoms with Crippen LogP contribution in [0, 0.1) is 0 Å². The lowest BCUT2D eigenvalue weighted by Crippen LogP contribution is -2.10. The molecule has 0 aliphatic carbocycles. The Morgan fingerprint density at radius 1 is 1.07 bits per heavy atom. The van der Waals surface area contributed by atoms with E-state index >= 15 is 0 Å². The summed E-state index contributed by atoms with van der Waals surface area (Å²) in [5, 5.41) is 0. The maximum Gasteiger partial charge on any atom is 0.347 e. The third kappa shape index (κ3) is 3.20. The molecule has 1 aliphatic heterocycles. The summed E-state index contributed by atoms with van der Waals surface area (Å²) < 4.78 is 21.4. The van der Waals surface area contributed by atoms with Crippen LogP contribution in [0.3, 0.4) is 0 Å². The van der Waals surface area contributed by atoms with Crippen molar-refractivity contribution in [2.75, 3.05) is 7.11 Å². The number of carbonyl (C=O) groups is 2. The molecule has 1 aromatic heterocycles. The van der Waals surface area contributed by atoms with Gasteiger partial charge in [0, 0.05) is 12.1 Å². The summed E-state index contributed by atoms with van der Waals surface area (Å²) >= 11 is 0. The molecule has 0 spiro atoms. The minimum atomic E-state index is -0.567. The molecule has 0 saturated heterocycles. The van der Waals surface area contributed by atoms with Gasteiger partial charge in [-0.3, -0.25) is 4.79 Å². The minimum absolute atomic E-state index is 0.146. The number of benzene rings is 2. The number of esters is 1. The highest BCUT2D eigenvalue weighted by atomic mass is 16.5. The van der Waals surface area contributed by atoms with E-state index in [2.05, 4.69) is 0 Å². The zero-order valence-electron chi connectivity index (χ0n) is 14.3. The molecule has 4 rings (SSSR count). The van der Waals surface area contributed by atoms with Crippen molar-refractivity contribution >= 4 is 17.8 Å². The van der Waals surface area contributed by atoms with Gasteiger partial charge in [0.1, 0.15) is 28.6 Å². The van der Waals surface area contributed by atoms with E-state index in [0.717, 1.165) is 0 Å². The van der Waals surface area contributed by atoms with E-state index in [1.54, 1.807) is 48.5 Å². The Morgan fingerprint density at radius 3 is 2.70 bits per heavy atom. The number of methoxy groups -OCH3 is 1. The predicted octanol–water partition coefficient (Wildman–Crippen LogP) is 4.12. The van der Waals surface area contributed by atoms with Crippen LogP contribution < -0.4 is 14.2 Å². The third-order valence-corrected chi connectivity index (χ3v) is 4.00. The lowest BCUT2D eigenvalue weighted by atomic mass is 10.1. The molecule has 6 nitrogen and oxygen atoms in total. The Kier molecular flexibility index (Phi) is 4.22. The first-order chi connectivity index (χ1) is 13.2. The molecule has 3 aromatic rings. The van der Waals surface area contributed by atoms with Crippen molar-refractivity contribution < 1.29 is 28.2 Å². The van der Waals surface area contributed by atoms with Gasteiger partial charge < -0.3 is 18.6 Å². The van der Waals surface area contributed by atoms with Crippen molar-refractivity contribution in [1.29, 1.82) is 0 Å². The molecule has 134 valence electrons. The van der Waals surface area contributed by atoms with E-state index in [1.807, 2.05) is 0 Å². The molecule has 1 aliphatic rings. The van der Waals surface area contributed by atoms with E-state index in [9.17, 15) is 9.59 Å². The lowest BCUT2D eigenvalue weighted by Gasteiger charge is -2.08. The van der Waals surface area contributed by atoms with Gasteiger partial charge in [-0.05, 0) is 36.4 Å². The lowest BCUT2D eigenvalue weighted by molar-refractivity contribution is 0.0731. The highest BCUT2D eigenvalue weighted by Crippen LogP contribution is 2.35. The quantitative estimate of drug-likeness (QED) is 0.395. The third-order valence-electron chi connectivity index (χ3n) is 4.00. The standard InChI is InChI=1S/C21H14O6/c1-24-17-7-3-2-6-16(17)21(23)26-14-8-9-15-18(12-14)27-19(20(15)22)11-13-5-4-10-25-13/h2-12H,1H3/b19-11-. The average Bonchev–Trinajstić information content (AvgIpc) is 3.30. The van der Waals surface area contributed by atoms with Gasteiger partial charge >= 0.3 is 5.97 Å². The van der Waals surface area contributed by atoms with Gasteiger partial charge in [0.15, 0.2) is 5.76 Å². The van der Waals surface area contributed by atoms with Crippen LogP contribution in [0.5, 0.6) is 17.2 Å². The number of para-hydroxylation sites is 1. The Labute approximate surface area is 154 Å². The van der Waals surface area contributed by atoms with E-state index < -0.39 is 5.97 Å². The number of fused-ring (bicyclic) bond motifs is 1. The first-order valence-corrected chi connectivity index (χ1v) is 8.13. The Morgan fingerprint density at radius 2 is 1.93 bits per heavy atom. The molecular weight excluding hydrogens is 348 g/mol. The first-order valence-electron chi connectivity index (χ1n) is 8.13. The molecule has 0 saturated carbocycles. The summed E-state index contributed by atoms with van der Waals surface area (Å²) in [6, 6.07) is 14.8. The second-order valence-corrected chi connectivity index (χ2v) is 5.70. The van der Waals surface area contributed by atoms with E-state index in [4.69, 9.17) is 18.6 Å². The van der Waals surface area contributed by atoms with E-state index in [-0.39, 0.29) is 17.3 Å². The van der Waals surface area contributed by atoms with Gasteiger partial charge in [-0.1, -0.05) is 12.1 Å². The Balaban J connectivity index is 1.57. The summed E-state index contributed by atoms with van der Waals surface area (Å²) in [5.74, 6) is 0.827. The van der Waals surface area contributed by atoms with Crippen LogP contribution in [0.15, 0.2) is 71.0 Å². The van der Waals surface area contributed by atoms with E-state index in [0.29, 0.717) is 28.4 Å². The van der Waals surface area contributed by atoms with Crippen molar-refractivity contribution in [2.24, 2.45) is 0 Å². The number of ketones is 1. The zero-order chi connectivity index (χ0) is 18.8. The number of rotatable bonds is 4. The number of furan rings is 1. The van der Waals surface area contributed by atoms with Crippen molar-refractivity contribution in [3.8, 4) is 17.2 Å². The zero-order valence-corrected chi connectivity index (χ0v) is 14.3. The first kappa shape index (κ1) is 16.7. The number of carbonyl (C=O) groups excluding carboxylic acids is 2. The highest BCUT2D eigenvalue weighted by molar-refractivity contribution is 6.14. The summed E-state index contributed by atoms with van der Waals surface area (Å²) in [6.45, 7) is 0. The number of Topliss-reactive ketones (excluding diaryl/α,β-unsaturated/α-hetero) is 1. The van der Waals surface area contributed by atoms with Gasteiger partial charge in [0.2, 0.25) is 5.78 Å². The van der Waals surface area contributed by atoms with Crippen molar-refractivity contribution in [3.05, 3.63) is 83.5 Å². The molecule has 0 atom stereocenters. The van der Waals surface area contributed by atoms with E-state index in [1.165, 1.54) is 25.5 Å². The Hall–Kier alpha value is -3.80. The molecule has 0 amide bonds. The van der Waals surface area contributed by atoms with Crippen molar-refractivity contribution in [1.82, 2.24) is 0 Å². The summed E-state index contributed by atoms with van der Waals surface area (Å²) in [6.07, 6.45) is 3.03. The molecule has 2 aromatic carbocycles. The van der Waals surface area contributed by atoms with Gasteiger partial charge in [0.25, 0.3) is 0 Å². The van der Waals surface area contributed by atoms with Crippen LogP contribution in [0.1, 0.15) is 26.5 Å². The Bertz CT molecular complexity index is 1050. The fraction of sp³-hybridized carbons (Fsp3) is 0.0476. The van der Waals surface area contributed by atoms with Crippen LogP contribution in [-0.2, 0) is 0 Å². The SMILES string of the molecule is COc1ccccc1C(=O)Oc1ccc2c(c1)O/C(=C\c1ccco1)C2=O. The van der Waals surface area contributed by atoms with Gasteiger partial charge in [-0.25, -0.2) is 4.79 Å². The smallest absolute Gasteiger partial charge is 0.347 e. The molecule has 0 fully saturated rings. The molecule has 0 radical (unpaired) electrons. The van der Waals surface area contributed by atoms with Gasteiger partial charge in [-0.2, -0.15) is 0 Å². The van der Waals surface area contributed by atoms with Crippen molar-refractivity contribution in [2.45, 2.75) is 0 Å². The topological polar surface area (TPSA) is 75.0 Å². The number of ether oxygens (including phenoxy) is 3. The predicted molar refractivity (Wildman–Crippen MR) is 96.0 cm³/mol. The van der Waals surface area contributed by atoms with Crippen LogP contribution >= 0.6 is 0 Å². The summed E-state index contributed by atoms with van der Waals surface area (Å²) in [7, 11) is 1.48. The molecule has 6 heteroatoms. The molecule has 0 N–H and O–H groups in total. The fourth-order valence-corrected chi connectivity index (χ4v) is 2.71. The van der Waals surface area contributed by atoms with Crippen LogP contribution in [-0.4, -0.2) is 18.9 Å². The number of hydrogen-bond donors (Lipinski definition) is 0. The monoisotopic (exact) mass is 362 g/mol. The fourth-order valence-electron chi connectivity index (χ4n) is 2.71. The summed E-state index contributed by atoms with van der Waals surface area (Å²) in [4.78, 5) is 24.8. The van der Waals surface area contributed by atoms with Crippen molar-refractivity contribution in [3.63, 3.8) is 0 Å². The van der Waals surface area contributed by atoms with Gasteiger partial charge in [-0.15, -0.1) is 0 Å². The second-order valence-electron chi connectivity index (χ2n) is 5.70.